The highest BCUT2D eigenvalue weighted by molar-refractivity contribution is 7.03. The normalized spacial score (nSPS) is 14.1. The van der Waals surface area contributed by atoms with Gasteiger partial charge in [-0.05, 0) is 128 Å². The molecule has 2 aliphatic rings. The molecule has 0 saturated heterocycles. The summed E-state index contributed by atoms with van der Waals surface area (Å²) in [7, 11) is -4.34. The number of fused-ring (bicyclic) bond motifs is 6. The highest BCUT2D eigenvalue weighted by Gasteiger charge is 2.40. The van der Waals surface area contributed by atoms with Crippen molar-refractivity contribution in [2.24, 2.45) is 0 Å². The Morgan fingerprint density at radius 2 is 0.625 bits per heavy atom. The van der Waals surface area contributed by atoms with Crippen molar-refractivity contribution >= 4 is 58.4 Å². The first-order valence-electron chi connectivity index (χ1n) is 22.3. The summed E-state index contributed by atoms with van der Waals surface area (Å²) in [5, 5.41) is 10.3. The average Bonchev–Trinajstić information content (AvgIpc) is 3.33. The van der Waals surface area contributed by atoms with Gasteiger partial charge in [-0.2, -0.15) is 0 Å². The van der Waals surface area contributed by atoms with Crippen LogP contribution < -0.4 is 30.2 Å². The maximum atomic E-state index is 6.69. The summed E-state index contributed by atoms with van der Waals surface area (Å²) in [4.78, 5) is 0. The highest BCUT2D eigenvalue weighted by atomic mass is 28.3. The molecule has 0 amide bonds. The summed E-state index contributed by atoms with van der Waals surface area (Å²) in [6.07, 6.45) is 0. The summed E-state index contributed by atoms with van der Waals surface area (Å²) >= 11 is 0. The Morgan fingerprint density at radius 3 is 1.09 bits per heavy atom. The Morgan fingerprint density at radius 1 is 0.281 bits per heavy atom. The van der Waals surface area contributed by atoms with Crippen LogP contribution in [0.2, 0.25) is 26.2 Å². The van der Waals surface area contributed by atoms with Crippen LogP contribution in [0.5, 0.6) is 23.0 Å². The van der Waals surface area contributed by atoms with Crippen LogP contribution in [0.25, 0.3) is 77.2 Å². The van der Waals surface area contributed by atoms with E-state index in [1.165, 1.54) is 97.9 Å². The third-order valence-corrected chi connectivity index (χ3v) is 21.0. The van der Waals surface area contributed by atoms with Crippen LogP contribution in [-0.2, 0) is 0 Å². The standard InChI is InChI=1S/C60H46O2Si2/c1-63(2)56-36-14-12-32-52(56)61-54-34-18-30-48(59(54)63)42-24-10-8-22-40(42)44-26-16-28-46-50(44)38-51-45(27-17-29-47(51)58(46)39-20-6-5-7-21-39)41-23-9-11-25-43(41)49-31-19-35-55-60(49)64(3,4)57-37-15-13-33-53(57)62-55/h5-38H,1-4H3. The molecule has 0 spiro atoms. The Kier molecular flexibility index (Phi) is 8.81. The first-order valence-corrected chi connectivity index (χ1v) is 28.3. The second kappa shape index (κ2) is 14.7. The van der Waals surface area contributed by atoms with Crippen molar-refractivity contribution in [3.63, 3.8) is 0 Å². The van der Waals surface area contributed by atoms with Crippen molar-refractivity contribution < 1.29 is 9.47 Å². The highest BCUT2D eigenvalue weighted by Crippen LogP contribution is 2.47. The Hall–Kier alpha value is -7.25. The Labute approximate surface area is 377 Å². The number of ether oxygens (including phenoxy) is 2. The van der Waals surface area contributed by atoms with E-state index in [0.29, 0.717) is 0 Å². The van der Waals surface area contributed by atoms with Gasteiger partial charge in [0, 0.05) is 0 Å². The second-order valence-corrected chi connectivity index (χ2v) is 26.9. The molecular formula is C60H46O2Si2. The smallest absolute Gasteiger partial charge is 0.127 e. The minimum Gasteiger partial charge on any atom is -0.458 e. The van der Waals surface area contributed by atoms with Gasteiger partial charge in [0.2, 0.25) is 0 Å². The summed E-state index contributed by atoms with van der Waals surface area (Å²) in [6.45, 7) is 9.87. The number of benzene rings is 10. The molecule has 0 fully saturated rings. The first kappa shape index (κ1) is 38.4. The van der Waals surface area contributed by atoms with Gasteiger partial charge in [-0.3, -0.25) is 0 Å². The van der Waals surface area contributed by atoms with Crippen molar-refractivity contribution in [2.45, 2.75) is 26.2 Å². The third kappa shape index (κ3) is 5.83. The molecule has 10 aromatic carbocycles. The fourth-order valence-corrected chi connectivity index (χ4v) is 17.4. The molecule has 12 rings (SSSR count). The van der Waals surface area contributed by atoms with Gasteiger partial charge >= 0.3 is 0 Å². The molecule has 306 valence electrons. The van der Waals surface area contributed by atoms with Crippen LogP contribution in [-0.4, -0.2) is 16.1 Å². The monoisotopic (exact) mass is 854 g/mol. The lowest BCUT2D eigenvalue weighted by atomic mass is 9.84. The molecule has 2 nitrogen and oxygen atoms in total. The molecule has 0 aliphatic carbocycles. The summed E-state index contributed by atoms with van der Waals surface area (Å²) in [6, 6.07) is 75.7. The summed E-state index contributed by atoms with van der Waals surface area (Å²) in [5.74, 6) is 3.92. The topological polar surface area (TPSA) is 18.5 Å². The molecule has 0 saturated carbocycles. The van der Waals surface area contributed by atoms with Crippen molar-refractivity contribution in [1.82, 2.24) is 0 Å². The second-order valence-electron chi connectivity index (χ2n) is 18.3. The maximum Gasteiger partial charge on any atom is 0.127 e. The molecule has 10 aromatic rings. The van der Waals surface area contributed by atoms with Gasteiger partial charge < -0.3 is 9.47 Å². The van der Waals surface area contributed by atoms with Crippen LogP contribution in [0.15, 0.2) is 206 Å². The van der Waals surface area contributed by atoms with Gasteiger partial charge in [0.25, 0.3) is 0 Å². The maximum absolute atomic E-state index is 6.69. The quantitative estimate of drug-likeness (QED) is 0.127. The minimum atomic E-state index is -2.17. The van der Waals surface area contributed by atoms with Gasteiger partial charge in [0.15, 0.2) is 0 Å². The lowest BCUT2D eigenvalue weighted by Gasteiger charge is -2.35. The average molecular weight is 855 g/mol. The molecule has 64 heavy (non-hydrogen) atoms. The third-order valence-electron chi connectivity index (χ3n) is 14.0. The number of para-hydroxylation sites is 2. The fourth-order valence-electron chi connectivity index (χ4n) is 11.1. The minimum absolute atomic E-state index is 0.975. The van der Waals surface area contributed by atoms with Crippen LogP contribution in [0.1, 0.15) is 0 Å². The van der Waals surface area contributed by atoms with Crippen LogP contribution >= 0.6 is 0 Å². The van der Waals surface area contributed by atoms with E-state index >= 15 is 0 Å². The van der Waals surface area contributed by atoms with Crippen molar-refractivity contribution in [1.29, 1.82) is 0 Å². The van der Waals surface area contributed by atoms with E-state index < -0.39 is 16.1 Å². The number of hydrogen-bond donors (Lipinski definition) is 0. The van der Waals surface area contributed by atoms with E-state index in [-0.39, 0.29) is 0 Å². The van der Waals surface area contributed by atoms with Gasteiger partial charge in [-0.1, -0.05) is 202 Å². The van der Waals surface area contributed by atoms with E-state index in [9.17, 15) is 0 Å². The van der Waals surface area contributed by atoms with Crippen molar-refractivity contribution in [3.05, 3.63) is 206 Å². The largest absolute Gasteiger partial charge is 0.458 e. The van der Waals surface area contributed by atoms with E-state index in [0.717, 1.165) is 23.0 Å². The molecular weight excluding hydrogens is 809 g/mol. The van der Waals surface area contributed by atoms with Gasteiger partial charge in [-0.15, -0.1) is 0 Å². The molecule has 4 heteroatoms. The molecule has 2 heterocycles. The van der Waals surface area contributed by atoms with E-state index in [1.54, 1.807) is 0 Å². The van der Waals surface area contributed by atoms with Gasteiger partial charge in [0.1, 0.15) is 39.1 Å². The van der Waals surface area contributed by atoms with Crippen molar-refractivity contribution in [2.75, 3.05) is 0 Å². The van der Waals surface area contributed by atoms with Crippen LogP contribution in [0, 0.1) is 0 Å². The van der Waals surface area contributed by atoms with Gasteiger partial charge in [0.05, 0.1) is 0 Å². The molecule has 2 aliphatic heterocycles. The molecule has 0 N–H and O–H groups in total. The molecule has 0 atom stereocenters. The lowest BCUT2D eigenvalue weighted by Crippen LogP contribution is -2.56. The molecule has 0 aromatic heterocycles. The van der Waals surface area contributed by atoms with Crippen LogP contribution in [0.4, 0.5) is 0 Å². The lowest BCUT2D eigenvalue weighted by molar-refractivity contribution is 0.486. The van der Waals surface area contributed by atoms with E-state index in [4.69, 9.17) is 9.47 Å². The fraction of sp³-hybridized carbons (Fsp3) is 0.0667. The van der Waals surface area contributed by atoms with Crippen LogP contribution in [0.3, 0.4) is 0 Å². The number of rotatable bonds is 5. The first-order chi connectivity index (χ1) is 31.3. The zero-order valence-corrected chi connectivity index (χ0v) is 38.4. The zero-order chi connectivity index (χ0) is 43.2. The predicted octanol–water partition coefficient (Wildman–Crippen LogP) is 14.2. The SMILES string of the molecule is C[Si]1(C)c2ccccc2Oc2cccc(-c3ccccc3-c3cccc4c(-c5ccccc5)c5cccc(-c6ccccc6-c6cccc7c6[Si](C)(C)c6ccccc6O7)c5cc34)c21. The predicted molar refractivity (Wildman–Crippen MR) is 275 cm³/mol. The van der Waals surface area contributed by atoms with E-state index in [1.807, 2.05) is 0 Å². The van der Waals surface area contributed by atoms with Gasteiger partial charge in [-0.25, -0.2) is 0 Å². The number of hydrogen-bond acceptors (Lipinski definition) is 2. The van der Waals surface area contributed by atoms with Crippen molar-refractivity contribution in [3.8, 4) is 78.6 Å². The summed E-state index contributed by atoms with van der Waals surface area (Å²) < 4.78 is 13.4. The Balaban J connectivity index is 1.11. The zero-order valence-electron chi connectivity index (χ0n) is 36.4. The Bertz CT molecular complexity index is 3300. The van der Waals surface area contributed by atoms with E-state index in [2.05, 4.69) is 232 Å². The molecule has 0 unspecified atom stereocenters. The molecule has 0 radical (unpaired) electrons. The molecule has 0 bridgehead atoms. The summed E-state index contributed by atoms with van der Waals surface area (Å²) in [5.41, 5.74) is 12.2.